The Kier molecular flexibility index (Phi) is 4.75. The van der Waals surface area contributed by atoms with E-state index >= 15 is 0 Å². The van der Waals surface area contributed by atoms with E-state index < -0.39 is 11.7 Å². The number of hydrogen-bond acceptors (Lipinski definition) is 1. The molecule has 0 aliphatic rings. The van der Waals surface area contributed by atoms with E-state index in [-0.39, 0.29) is 6.04 Å². The maximum Gasteiger partial charge on any atom is 0.416 e. The third kappa shape index (κ3) is 4.61. The second kappa shape index (κ2) is 5.87. The van der Waals surface area contributed by atoms with Gasteiger partial charge in [0.15, 0.2) is 0 Å². The summed E-state index contributed by atoms with van der Waals surface area (Å²) < 4.78 is 36.9. The first-order valence-electron chi connectivity index (χ1n) is 5.52. The Morgan fingerprint density at radius 3 is 2.29 bits per heavy atom. The minimum Gasteiger partial charge on any atom is -0.311 e. The summed E-state index contributed by atoms with van der Waals surface area (Å²) in [5.74, 6) is 0. The largest absolute Gasteiger partial charge is 0.416 e. The average molecular weight is 243 g/mol. The Hall–Kier alpha value is -1.29. The SMILES string of the molecule is CCNC(C)/C=C/c1ccc(C(F)(F)F)cc1. The van der Waals surface area contributed by atoms with Gasteiger partial charge in [0.2, 0.25) is 0 Å². The molecule has 0 saturated carbocycles. The van der Waals surface area contributed by atoms with Crippen molar-refractivity contribution in [3.05, 3.63) is 41.5 Å². The molecule has 0 fully saturated rings. The van der Waals surface area contributed by atoms with Gasteiger partial charge >= 0.3 is 6.18 Å². The molecule has 0 bridgehead atoms. The Balaban J connectivity index is 2.69. The van der Waals surface area contributed by atoms with Crippen LogP contribution in [0.2, 0.25) is 0 Å². The summed E-state index contributed by atoms with van der Waals surface area (Å²) in [6, 6.07) is 5.34. The standard InChI is InChI=1S/C13H16F3N/c1-3-17-10(2)4-5-11-6-8-12(9-7-11)13(14,15)16/h4-10,17H,3H2,1-2H3/b5-4+. The zero-order chi connectivity index (χ0) is 12.9. The molecule has 17 heavy (non-hydrogen) atoms. The summed E-state index contributed by atoms with van der Waals surface area (Å²) in [6.07, 6.45) is -0.529. The van der Waals surface area contributed by atoms with E-state index in [1.807, 2.05) is 26.0 Å². The van der Waals surface area contributed by atoms with Crippen LogP contribution in [0.4, 0.5) is 13.2 Å². The van der Waals surface area contributed by atoms with Crippen LogP contribution in [0.25, 0.3) is 6.08 Å². The van der Waals surface area contributed by atoms with Crippen LogP contribution < -0.4 is 5.32 Å². The zero-order valence-corrected chi connectivity index (χ0v) is 9.88. The molecule has 1 rings (SSSR count). The van der Waals surface area contributed by atoms with Crippen molar-refractivity contribution < 1.29 is 13.2 Å². The van der Waals surface area contributed by atoms with Gasteiger partial charge in [-0.3, -0.25) is 0 Å². The summed E-state index contributed by atoms with van der Waals surface area (Å²) in [5, 5.41) is 3.18. The predicted octanol–water partition coefficient (Wildman–Crippen LogP) is 3.72. The average Bonchev–Trinajstić information content (AvgIpc) is 2.26. The molecule has 0 aliphatic heterocycles. The van der Waals surface area contributed by atoms with Gasteiger partial charge < -0.3 is 5.32 Å². The van der Waals surface area contributed by atoms with E-state index in [1.54, 1.807) is 0 Å². The lowest BCUT2D eigenvalue weighted by Gasteiger charge is -2.07. The van der Waals surface area contributed by atoms with E-state index in [9.17, 15) is 13.2 Å². The lowest BCUT2D eigenvalue weighted by molar-refractivity contribution is -0.137. The normalized spacial score (nSPS) is 14.2. The summed E-state index contributed by atoms with van der Waals surface area (Å²) in [6.45, 7) is 4.85. The number of likely N-dealkylation sites (N-methyl/N-ethyl adjacent to an activating group) is 1. The first-order chi connectivity index (χ1) is 7.93. The van der Waals surface area contributed by atoms with E-state index in [1.165, 1.54) is 12.1 Å². The van der Waals surface area contributed by atoms with Crippen LogP contribution >= 0.6 is 0 Å². The first-order valence-corrected chi connectivity index (χ1v) is 5.52. The fraction of sp³-hybridized carbons (Fsp3) is 0.385. The van der Waals surface area contributed by atoms with Crippen molar-refractivity contribution >= 4 is 6.08 Å². The van der Waals surface area contributed by atoms with Crippen molar-refractivity contribution in [2.75, 3.05) is 6.54 Å². The number of nitrogens with one attached hydrogen (secondary N) is 1. The molecule has 1 aromatic rings. The fourth-order valence-corrected chi connectivity index (χ4v) is 1.43. The minimum atomic E-state index is -4.26. The number of hydrogen-bond donors (Lipinski definition) is 1. The van der Waals surface area contributed by atoms with Crippen LogP contribution in [0.5, 0.6) is 0 Å². The van der Waals surface area contributed by atoms with Crippen molar-refractivity contribution in [1.29, 1.82) is 0 Å². The van der Waals surface area contributed by atoms with Gasteiger partial charge in [-0.25, -0.2) is 0 Å². The van der Waals surface area contributed by atoms with Crippen molar-refractivity contribution in [2.45, 2.75) is 26.1 Å². The highest BCUT2D eigenvalue weighted by Crippen LogP contribution is 2.29. The molecule has 0 spiro atoms. The van der Waals surface area contributed by atoms with E-state index in [0.29, 0.717) is 0 Å². The van der Waals surface area contributed by atoms with Gasteiger partial charge in [0.05, 0.1) is 5.56 Å². The molecule has 1 atom stereocenters. The molecular formula is C13H16F3N. The predicted molar refractivity (Wildman–Crippen MR) is 63.6 cm³/mol. The summed E-state index contributed by atoms with van der Waals surface area (Å²) in [5.41, 5.74) is 0.150. The molecule has 0 radical (unpaired) electrons. The zero-order valence-electron chi connectivity index (χ0n) is 9.88. The number of alkyl halides is 3. The minimum absolute atomic E-state index is 0.210. The Morgan fingerprint density at radius 2 is 1.82 bits per heavy atom. The molecule has 1 unspecified atom stereocenters. The molecule has 4 heteroatoms. The number of rotatable bonds is 4. The van der Waals surface area contributed by atoms with Gasteiger partial charge in [0.1, 0.15) is 0 Å². The van der Waals surface area contributed by atoms with Crippen LogP contribution in [0.3, 0.4) is 0 Å². The van der Waals surface area contributed by atoms with Gasteiger partial charge in [0.25, 0.3) is 0 Å². The maximum absolute atomic E-state index is 12.3. The molecule has 0 heterocycles. The van der Waals surface area contributed by atoms with Crippen LogP contribution in [-0.2, 0) is 6.18 Å². The van der Waals surface area contributed by atoms with Crippen LogP contribution in [-0.4, -0.2) is 12.6 Å². The van der Waals surface area contributed by atoms with E-state index in [4.69, 9.17) is 0 Å². The third-order valence-electron chi connectivity index (χ3n) is 2.34. The lowest BCUT2D eigenvalue weighted by Crippen LogP contribution is -2.22. The molecular weight excluding hydrogens is 227 g/mol. The quantitative estimate of drug-likeness (QED) is 0.849. The highest BCUT2D eigenvalue weighted by molar-refractivity contribution is 5.50. The topological polar surface area (TPSA) is 12.0 Å². The van der Waals surface area contributed by atoms with Gasteiger partial charge in [-0.1, -0.05) is 31.2 Å². The molecule has 1 aromatic carbocycles. The third-order valence-corrected chi connectivity index (χ3v) is 2.34. The highest BCUT2D eigenvalue weighted by atomic mass is 19.4. The van der Waals surface area contributed by atoms with Crippen molar-refractivity contribution in [1.82, 2.24) is 5.32 Å². The van der Waals surface area contributed by atoms with Gasteiger partial charge in [0, 0.05) is 6.04 Å². The second-order valence-electron chi connectivity index (χ2n) is 3.83. The number of halogens is 3. The Morgan fingerprint density at radius 1 is 1.24 bits per heavy atom. The Labute approximate surface area is 99.3 Å². The summed E-state index contributed by atoms with van der Waals surface area (Å²) >= 11 is 0. The molecule has 1 N–H and O–H groups in total. The van der Waals surface area contributed by atoms with Gasteiger partial charge in [-0.05, 0) is 31.2 Å². The molecule has 0 aliphatic carbocycles. The maximum atomic E-state index is 12.3. The molecule has 1 nitrogen and oxygen atoms in total. The summed E-state index contributed by atoms with van der Waals surface area (Å²) in [7, 11) is 0. The van der Waals surface area contributed by atoms with E-state index in [0.717, 1.165) is 24.2 Å². The molecule has 0 aromatic heterocycles. The Bertz CT molecular complexity index is 365. The first kappa shape index (κ1) is 13.8. The van der Waals surface area contributed by atoms with Crippen LogP contribution in [0.15, 0.2) is 30.3 Å². The van der Waals surface area contributed by atoms with Crippen molar-refractivity contribution in [2.24, 2.45) is 0 Å². The smallest absolute Gasteiger partial charge is 0.311 e. The van der Waals surface area contributed by atoms with Gasteiger partial charge in [-0.2, -0.15) is 13.2 Å². The van der Waals surface area contributed by atoms with Gasteiger partial charge in [-0.15, -0.1) is 0 Å². The van der Waals surface area contributed by atoms with Crippen LogP contribution in [0.1, 0.15) is 25.0 Å². The molecule has 0 amide bonds. The molecule has 0 saturated heterocycles. The van der Waals surface area contributed by atoms with Crippen LogP contribution in [0, 0.1) is 0 Å². The highest BCUT2D eigenvalue weighted by Gasteiger charge is 2.29. The summed E-state index contributed by atoms with van der Waals surface area (Å²) in [4.78, 5) is 0. The van der Waals surface area contributed by atoms with Crippen molar-refractivity contribution in [3.63, 3.8) is 0 Å². The molecule has 94 valence electrons. The van der Waals surface area contributed by atoms with E-state index in [2.05, 4.69) is 5.32 Å². The fourth-order valence-electron chi connectivity index (χ4n) is 1.43. The van der Waals surface area contributed by atoms with Crippen molar-refractivity contribution in [3.8, 4) is 0 Å². The number of benzene rings is 1. The second-order valence-corrected chi connectivity index (χ2v) is 3.83. The monoisotopic (exact) mass is 243 g/mol. The lowest BCUT2D eigenvalue weighted by atomic mass is 10.1.